The second-order valence-electron chi connectivity index (χ2n) is 5.42. The molecule has 0 atom stereocenters. The minimum Gasteiger partial charge on any atom is -0.508 e. The molecule has 3 heteroatoms. The number of hydrogen-bond donors (Lipinski definition) is 1. The van der Waals surface area contributed by atoms with Gasteiger partial charge in [0.1, 0.15) is 11.6 Å². The maximum atomic E-state index is 9.53. The molecular weight excluding hydrogens is 236 g/mol. The highest BCUT2D eigenvalue weighted by Crippen LogP contribution is 2.31. The number of phenols is 1. The van der Waals surface area contributed by atoms with E-state index in [1.54, 1.807) is 6.07 Å². The monoisotopic (exact) mass is 256 g/mol. The molecule has 1 N–H and O–H groups in total. The van der Waals surface area contributed by atoms with Crippen molar-refractivity contribution in [3.63, 3.8) is 0 Å². The Kier molecular flexibility index (Phi) is 3.53. The fraction of sp³-hybridized carbons (Fsp3) is 0.438. The van der Waals surface area contributed by atoms with Gasteiger partial charge in [-0.15, -0.1) is 0 Å². The lowest BCUT2D eigenvalue weighted by Crippen LogP contribution is -2.12. The van der Waals surface area contributed by atoms with E-state index in [0.717, 1.165) is 12.1 Å². The zero-order valence-corrected chi connectivity index (χ0v) is 11.1. The summed E-state index contributed by atoms with van der Waals surface area (Å²) in [4.78, 5) is 4.56. The van der Waals surface area contributed by atoms with Crippen LogP contribution in [0.3, 0.4) is 0 Å². The average molecular weight is 256 g/mol. The van der Waals surface area contributed by atoms with Gasteiger partial charge >= 0.3 is 0 Å². The van der Waals surface area contributed by atoms with Crippen LogP contribution in [0.4, 0.5) is 0 Å². The molecule has 0 radical (unpaired) electrons. The zero-order valence-electron chi connectivity index (χ0n) is 11.1. The summed E-state index contributed by atoms with van der Waals surface area (Å²) < 4.78 is 2.23. The molecule has 3 rings (SSSR count). The second kappa shape index (κ2) is 5.47. The van der Waals surface area contributed by atoms with Gasteiger partial charge < -0.3 is 9.67 Å². The fourth-order valence-corrected chi connectivity index (χ4v) is 3.03. The van der Waals surface area contributed by atoms with Gasteiger partial charge in [-0.1, -0.05) is 31.4 Å². The van der Waals surface area contributed by atoms with Crippen LogP contribution in [0.2, 0.25) is 0 Å². The van der Waals surface area contributed by atoms with E-state index in [1.165, 1.54) is 37.9 Å². The normalized spacial score (nSPS) is 16.6. The van der Waals surface area contributed by atoms with E-state index in [1.807, 2.05) is 30.6 Å². The van der Waals surface area contributed by atoms with Crippen molar-refractivity contribution in [2.75, 3.05) is 0 Å². The molecule has 2 aromatic rings. The van der Waals surface area contributed by atoms with Gasteiger partial charge in [-0.25, -0.2) is 4.98 Å². The van der Waals surface area contributed by atoms with Crippen molar-refractivity contribution < 1.29 is 5.11 Å². The minimum atomic E-state index is 0.330. The highest BCUT2D eigenvalue weighted by molar-refractivity contribution is 5.27. The molecule has 100 valence electrons. The maximum absolute atomic E-state index is 9.53. The van der Waals surface area contributed by atoms with Crippen LogP contribution < -0.4 is 0 Å². The number of benzene rings is 1. The molecule has 1 fully saturated rings. The SMILES string of the molecule is Oc1cccc(Cn2ccnc2C2CCCCC2)c1. The molecule has 1 heterocycles. The number of rotatable bonds is 3. The molecular formula is C16H20N2O. The maximum Gasteiger partial charge on any atom is 0.115 e. The molecule has 1 aliphatic rings. The summed E-state index contributed by atoms with van der Waals surface area (Å²) in [5.41, 5.74) is 1.12. The van der Waals surface area contributed by atoms with Crippen LogP contribution in [0.1, 0.15) is 49.4 Å². The van der Waals surface area contributed by atoms with E-state index in [4.69, 9.17) is 0 Å². The highest BCUT2D eigenvalue weighted by atomic mass is 16.3. The lowest BCUT2D eigenvalue weighted by molar-refractivity contribution is 0.418. The van der Waals surface area contributed by atoms with Gasteiger partial charge in [0.2, 0.25) is 0 Å². The van der Waals surface area contributed by atoms with Gasteiger partial charge in [-0.05, 0) is 30.5 Å². The summed E-state index contributed by atoms with van der Waals surface area (Å²) in [5.74, 6) is 2.15. The molecule has 1 aromatic carbocycles. The molecule has 0 unspecified atom stereocenters. The lowest BCUT2D eigenvalue weighted by atomic mass is 9.88. The number of nitrogens with zero attached hydrogens (tertiary/aromatic N) is 2. The van der Waals surface area contributed by atoms with Crippen LogP contribution in [0.25, 0.3) is 0 Å². The lowest BCUT2D eigenvalue weighted by Gasteiger charge is -2.22. The van der Waals surface area contributed by atoms with E-state index >= 15 is 0 Å². The Morgan fingerprint density at radius 1 is 1.21 bits per heavy atom. The van der Waals surface area contributed by atoms with E-state index < -0.39 is 0 Å². The first-order valence-electron chi connectivity index (χ1n) is 7.12. The van der Waals surface area contributed by atoms with Crippen LogP contribution >= 0.6 is 0 Å². The average Bonchev–Trinajstić information content (AvgIpc) is 2.88. The van der Waals surface area contributed by atoms with Crippen molar-refractivity contribution in [1.82, 2.24) is 9.55 Å². The second-order valence-corrected chi connectivity index (χ2v) is 5.42. The number of phenolic OH excluding ortho intramolecular Hbond substituents is 1. The van der Waals surface area contributed by atoms with Crippen molar-refractivity contribution in [1.29, 1.82) is 0 Å². The van der Waals surface area contributed by atoms with Gasteiger partial charge in [0.05, 0.1) is 0 Å². The molecule has 0 aliphatic heterocycles. The largest absolute Gasteiger partial charge is 0.508 e. The van der Waals surface area contributed by atoms with Gasteiger partial charge in [-0.2, -0.15) is 0 Å². The van der Waals surface area contributed by atoms with Crippen molar-refractivity contribution in [2.24, 2.45) is 0 Å². The van der Waals surface area contributed by atoms with Crippen LogP contribution in [-0.4, -0.2) is 14.7 Å². The molecule has 0 saturated heterocycles. The van der Waals surface area contributed by atoms with E-state index in [9.17, 15) is 5.11 Å². The third-order valence-corrected chi connectivity index (χ3v) is 3.98. The predicted octanol–water partition coefficient (Wildman–Crippen LogP) is 3.68. The molecule has 3 nitrogen and oxygen atoms in total. The smallest absolute Gasteiger partial charge is 0.115 e. The Hall–Kier alpha value is -1.77. The summed E-state index contributed by atoms with van der Waals surface area (Å²) in [6.07, 6.45) is 10.5. The minimum absolute atomic E-state index is 0.330. The Morgan fingerprint density at radius 3 is 2.84 bits per heavy atom. The zero-order chi connectivity index (χ0) is 13.1. The molecule has 0 amide bonds. The summed E-state index contributed by atoms with van der Waals surface area (Å²) in [6.45, 7) is 0.792. The third kappa shape index (κ3) is 2.80. The van der Waals surface area contributed by atoms with Gasteiger partial charge in [-0.3, -0.25) is 0 Å². The Bertz CT molecular complexity index is 541. The van der Waals surface area contributed by atoms with Gasteiger partial charge in [0, 0.05) is 24.9 Å². The third-order valence-electron chi connectivity index (χ3n) is 3.98. The van der Waals surface area contributed by atoms with E-state index in [2.05, 4.69) is 9.55 Å². The number of hydrogen-bond acceptors (Lipinski definition) is 2. The van der Waals surface area contributed by atoms with Gasteiger partial charge in [0.25, 0.3) is 0 Å². The van der Waals surface area contributed by atoms with Crippen molar-refractivity contribution in [3.05, 3.63) is 48.0 Å². The summed E-state index contributed by atoms with van der Waals surface area (Å²) >= 11 is 0. The Morgan fingerprint density at radius 2 is 2.05 bits per heavy atom. The van der Waals surface area contributed by atoms with E-state index in [-0.39, 0.29) is 0 Å². The number of imidazole rings is 1. The Balaban J connectivity index is 1.80. The molecule has 1 saturated carbocycles. The van der Waals surface area contributed by atoms with Crippen molar-refractivity contribution in [3.8, 4) is 5.75 Å². The van der Waals surface area contributed by atoms with Crippen molar-refractivity contribution >= 4 is 0 Å². The number of aromatic hydroxyl groups is 1. The van der Waals surface area contributed by atoms with Crippen LogP contribution in [0.5, 0.6) is 5.75 Å². The highest BCUT2D eigenvalue weighted by Gasteiger charge is 2.19. The number of aromatic nitrogens is 2. The molecule has 0 bridgehead atoms. The first-order chi connectivity index (χ1) is 9.33. The first kappa shape index (κ1) is 12.3. The molecule has 0 spiro atoms. The van der Waals surface area contributed by atoms with E-state index in [0.29, 0.717) is 11.7 Å². The van der Waals surface area contributed by atoms with Crippen LogP contribution in [0, 0.1) is 0 Å². The van der Waals surface area contributed by atoms with Gasteiger partial charge in [0.15, 0.2) is 0 Å². The topological polar surface area (TPSA) is 38.0 Å². The predicted molar refractivity (Wildman–Crippen MR) is 75.3 cm³/mol. The molecule has 1 aromatic heterocycles. The first-order valence-corrected chi connectivity index (χ1v) is 7.12. The standard InChI is InChI=1S/C16H20N2O/c19-15-8-4-5-13(11-15)12-18-10-9-17-16(18)14-6-2-1-3-7-14/h4-5,8-11,14,19H,1-3,6-7,12H2. The van der Waals surface area contributed by atoms with Crippen LogP contribution in [-0.2, 0) is 6.54 Å². The summed E-state index contributed by atoms with van der Waals surface area (Å²) in [6, 6.07) is 7.47. The summed E-state index contributed by atoms with van der Waals surface area (Å²) in [5, 5.41) is 9.53. The van der Waals surface area contributed by atoms with Crippen molar-refractivity contribution in [2.45, 2.75) is 44.6 Å². The summed E-state index contributed by atoms with van der Waals surface area (Å²) in [7, 11) is 0. The Labute approximate surface area is 113 Å². The molecule has 19 heavy (non-hydrogen) atoms. The quantitative estimate of drug-likeness (QED) is 0.909. The molecule has 1 aliphatic carbocycles. The fourth-order valence-electron chi connectivity index (χ4n) is 3.03. The van der Waals surface area contributed by atoms with Crippen LogP contribution in [0.15, 0.2) is 36.7 Å².